The molecule has 2 aliphatic heterocycles. The van der Waals surface area contributed by atoms with E-state index in [0.717, 1.165) is 22.3 Å². The molecule has 20 nitrogen and oxygen atoms in total. The van der Waals surface area contributed by atoms with Crippen molar-refractivity contribution in [3.63, 3.8) is 0 Å². The first-order valence-corrected chi connectivity index (χ1v) is 23.2. The minimum atomic E-state index is -5.14. The predicted octanol–water partition coefficient (Wildman–Crippen LogP) is 2.98. The van der Waals surface area contributed by atoms with Crippen LogP contribution in [0.15, 0.2) is 10.5 Å². The fraction of sp³-hybridized carbons (Fsp3) is 0.719. The zero-order valence-corrected chi connectivity index (χ0v) is 35.5. The number of carbonyl (C=O) groups is 5. The molecule has 55 heavy (non-hydrogen) atoms. The molecule has 3 N–H and O–H groups in total. The topological polar surface area (TPSA) is 251 Å². The van der Waals surface area contributed by atoms with E-state index in [1.54, 1.807) is 41.5 Å². The largest absolute Gasteiger partial charge is 0.457 e. The van der Waals surface area contributed by atoms with Gasteiger partial charge in [0.15, 0.2) is 10.8 Å². The third kappa shape index (κ3) is 14.0. The molecule has 3 atom stereocenters. The van der Waals surface area contributed by atoms with Crippen molar-refractivity contribution < 1.29 is 65.5 Å². The monoisotopic (exact) mass is 836 g/mol. The summed E-state index contributed by atoms with van der Waals surface area (Å²) in [5.41, 5.74) is -4.25. The second-order valence-corrected chi connectivity index (χ2v) is 24.2. The van der Waals surface area contributed by atoms with Crippen LogP contribution >= 0.6 is 11.3 Å². The molecule has 2 fully saturated rings. The summed E-state index contributed by atoms with van der Waals surface area (Å²) in [6.07, 6.45) is -2.44. The maximum atomic E-state index is 13.8. The highest BCUT2D eigenvalue weighted by Gasteiger charge is 2.56. The van der Waals surface area contributed by atoms with Crippen LogP contribution in [-0.2, 0) is 53.2 Å². The molecule has 2 saturated heterocycles. The fourth-order valence-electron chi connectivity index (χ4n) is 4.70. The molecule has 0 aromatic carbocycles. The van der Waals surface area contributed by atoms with E-state index >= 15 is 0 Å². The summed E-state index contributed by atoms with van der Waals surface area (Å²) in [6.45, 7) is 19.1. The average Bonchev–Trinajstić information content (AvgIpc) is 3.59. The van der Waals surface area contributed by atoms with E-state index in [4.69, 9.17) is 28.5 Å². The first-order valence-electron chi connectivity index (χ1n) is 17.2. The first-order chi connectivity index (χ1) is 25.1. The van der Waals surface area contributed by atoms with Crippen LogP contribution in [0.5, 0.6) is 0 Å². The lowest BCUT2D eigenvalue weighted by molar-refractivity contribution is -0.179. The SMILES string of the molecule is CC(C)(C)OC(=O)Nc1nc(C(=NOC(C)(C)C(=O)OC(C)(C)C)C(=O)N[C@@H]2C(=O)N(S(=O)(=O)O)[C@@H]2CN2C[C@@H](COCOCC[Si](C)(C)C)OC2=O)cs1. The number of hydrogen-bond acceptors (Lipinski definition) is 16. The predicted molar refractivity (Wildman–Crippen MR) is 200 cm³/mol. The van der Waals surface area contributed by atoms with Gasteiger partial charge in [-0.1, -0.05) is 24.8 Å². The van der Waals surface area contributed by atoms with E-state index in [2.05, 4.69) is 40.4 Å². The van der Waals surface area contributed by atoms with Crippen LogP contribution in [0, 0.1) is 0 Å². The first kappa shape index (κ1) is 45.5. The summed E-state index contributed by atoms with van der Waals surface area (Å²) >= 11 is 0.879. The molecule has 0 bridgehead atoms. The van der Waals surface area contributed by atoms with E-state index in [1.807, 2.05) is 0 Å². The number of ether oxygens (including phenoxy) is 5. The van der Waals surface area contributed by atoms with E-state index in [0.29, 0.717) is 6.61 Å². The zero-order valence-electron chi connectivity index (χ0n) is 32.9. The summed E-state index contributed by atoms with van der Waals surface area (Å²) < 4.78 is 61.4. The molecule has 0 saturated carbocycles. The van der Waals surface area contributed by atoms with Crippen LogP contribution < -0.4 is 10.6 Å². The van der Waals surface area contributed by atoms with Gasteiger partial charge in [-0.05, 0) is 61.4 Å². The molecule has 1 aromatic rings. The molecular formula is C32H52N6O14S2Si. The van der Waals surface area contributed by atoms with Gasteiger partial charge in [0, 0.05) is 26.6 Å². The lowest BCUT2D eigenvalue weighted by Gasteiger charge is -2.45. The van der Waals surface area contributed by atoms with Gasteiger partial charge in [0.05, 0.1) is 19.2 Å². The Bertz CT molecular complexity index is 1730. The van der Waals surface area contributed by atoms with Crippen molar-refractivity contribution in [2.45, 2.75) is 116 Å². The quantitative estimate of drug-likeness (QED) is 0.0235. The third-order valence-electron chi connectivity index (χ3n) is 7.35. The van der Waals surface area contributed by atoms with Crippen molar-refractivity contribution >= 4 is 70.5 Å². The number of hydrogen-bond donors (Lipinski definition) is 3. The number of nitrogens with one attached hydrogen (secondary N) is 2. The van der Waals surface area contributed by atoms with Crippen molar-refractivity contribution in [2.75, 3.05) is 38.4 Å². The summed E-state index contributed by atoms with van der Waals surface area (Å²) in [7, 11) is -6.44. The standard InChI is InChI=1S/C32H52N6O14S2Si/c1-30(2,3)50-26(41)32(7,8)52-36-22(20-17-53-27(33-20)35-28(42)51-31(4,5)6)24(39)34-23-21(38(25(23)40)54(44,45)46)15-37-14-19(49-29(37)43)16-48-18-47-12-13-55(9,10)11/h17,19,21,23H,12-16,18H2,1-11H3,(H,34,39)(H,33,35,42)(H,44,45,46)/t19-,21+,23-/m0/s1. The Morgan fingerprint density at radius 2 is 1.69 bits per heavy atom. The second kappa shape index (κ2) is 17.5. The minimum Gasteiger partial charge on any atom is -0.457 e. The van der Waals surface area contributed by atoms with Crippen LogP contribution in [0.1, 0.15) is 61.1 Å². The number of aromatic nitrogens is 1. The molecule has 0 unspecified atom stereocenters. The van der Waals surface area contributed by atoms with Gasteiger partial charge >= 0.3 is 28.5 Å². The van der Waals surface area contributed by atoms with E-state index < -0.39 is 95.6 Å². The van der Waals surface area contributed by atoms with E-state index in [9.17, 15) is 36.9 Å². The number of nitrogens with zero attached hydrogens (tertiary/aromatic N) is 4. The Morgan fingerprint density at radius 1 is 1.05 bits per heavy atom. The van der Waals surface area contributed by atoms with E-state index in [1.165, 1.54) is 19.2 Å². The smallest absolute Gasteiger partial charge is 0.413 e. The van der Waals surface area contributed by atoms with Gasteiger partial charge in [-0.15, -0.1) is 11.3 Å². The van der Waals surface area contributed by atoms with Gasteiger partial charge in [0.25, 0.3) is 11.8 Å². The lowest BCUT2D eigenvalue weighted by Crippen LogP contribution is -2.74. The zero-order chi connectivity index (χ0) is 41.7. The average molecular weight is 837 g/mol. The molecule has 1 aromatic heterocycles. The van der Waals surface area contributed by atoms with Crippen molar-refractivity contribution in [1.29, 1.82) is 0 Å². The number of esters is 1. The van der Waals surface area contributed by atoms with Gasteiger partial charge in [0.2, 0.25) is 5.60 Å². The number of amides is 4. The second-order valence-electron chi connectivity index (χ2n) is 16.5. The lowest BCUT2D eigenvalue weighted by atomic mass is 9.97. The number of thiazole rings is 1. The Morgan fingerprint density at radius 3 is 2.27 bits per heavy atom. The summed E-state index contributed by atoms with van der Waals surface area (Å²) in [6, 6.07) is -2.16. The molecule has 3 rings (SSSR count). The number of anilines is 1. The van der Waals surface area contributed by atoms with Gasteiger partial charge < -0.3 is 38.7 Å². The van der Waals surface area contributed by atoms with Crippen molar-refractivity contribution in [2.24, 2.45) is 5.16 Å². The molecule has 2 aliphatic rings. The van der Waals surface area contributed by atoms with Crippen LogP contribution in [0.2, 0.25) is 25.7 Å². The van der Waals surface area contributed by atoms with Crippen LogP contribution in [0.3, 0.4) is 0 Å². The molecule has 0 aliphatic carbocycles. The van der Waals surface area contributed by atoms with Crippen LogP contribution in [0.4, 0.5) is 14.7 Å². The van der Waals surface area contributed by atoms with Gasteiger partial charge in [0.1, 0.15) is 35.8 Å². The van der Waals surface area contributed by atoms with Gasteiger partial charge in [-0.25, -0.2) is 23.7 Å². The maximum absolute atomic E-state index is 13.8. The number of β-lactam (4-membered cyclic amide) rings is 1. The molecule has 23 heteroatoms. The van der Waals surface area contributed by atoms with Crippen molar-refractivity contribution in [1.82, 2.24) is 19.5 Å². The molecule has 4 amide bonds. The number of oxime groups is 1. The van der Waals surface area contributed by atoms with Crippen LogP contribution in [-0.4, -0.2) is 139 Å². The highest BCUT2D eigenvalue weighted by atomic mass is 32.2. The Hall–Kier alpha value is -3.90. The van der Waals surface area contributed by atoms with Gasteiger partial charge in [-0.2, -0.15) is 8.42 Å². The highest BCUT2D eigenvalue weighted by Crippen LogP contribution is 2.27. The molecule has 0 radical (unpaired) electrons. The summed E-state index contributed by atoms with van der Waals surface area (Å²) in [5.74, 6) is -3.18. The maximum Gasteiger partial charge on any atom is 0.413 e. The molecule has 0 spiro atoms. The number of rotatable bonds is 17. The summed E-state index contributed by atoms with van der Waals surface area (Å²) in [5, 5.41) is 9.99. The van der Waals surface area contributed by atoms with Crippen LogP contribution in [0.25, 0.3) is 0 Å². The molecular weight excluding hydrogens is 785 g/mol. The molecule has 3 heterocycles. The normalized spacial score (nSPS) is 19.8. The van der Waals surface area contributed by atoms with E-state index in [-0.39, 0.29) is 35.1 Å². The van der Waals surface area contributed by atoms with Gasteiger partial charge in [-0.3, -0.25) is 19.5 Å². The minimum absolute atomic E-state index is 0.0180. The number of cyclic esters (lactones) is 1. The number of carbonyl (C=O) groups excluding carboxylic acids is 5. The molecule has 310 valence electrons. The van der Waals surface area contributed by atoms with Crippen molar-refractivity contribution in [3.05, 3.63) is 11.1 Å². The van der Waals surface area contributed by atoms with Crippen molar-refractivity contribution in [3.8, 4) is 0 Å². The Labute approximate surface area is 325 Å². The fourth-order valence-corrected chi connectivity index (χ4v) is 7.00. The Balaban J connectivity index is 1.81. The highest BCUT2D eigenvalue weighted by molar-refractivity contribution is 7.84. The third-order valence-corrected chi connectivity index (χ3v) is 10.8. The summed E-state index contributed by atoms with van der Waals surface area (Å²) in [4.78, 5) is 75.7. The Kier molecular flexibility index (Phi) is 14.5.